The van der Waals surface area contributed by atoms with E-state index in [0.717, 1.165) is 12.0 Å². The Morgan fingerprint density at radius 2 is 1.47 bits per heavy atom. The molecular formula is C14H24O. The highest BCUT2D eigenvalue weighted by molar-refractivity contribution is 6.01. The van der Waals surface area contributed by atoms with Gasteiger partial charge in [-0.1, -0.05) is 54.0 Å². The Kier molecular flexibility index (Phi) is 2.88. The third kappa shape index (κ3) is 2.32. The third-order valence-electron chi connectivity index (χ3n) is 3.16. The molecule has 0 aromatic heterocycles. The number of allylic oxidation sites excluding steroid dienone is 2. The van der Waals surface area contributed by atoms with Crippen molar-refractivity contribution in [3.8, 4) is 0 Å². The van der Waals surface area contributed by atoms with Crippen LogP contribution in [0.15, 0.2) is 11.1 Å². The van der Waals surface area contributed by atoms with E-state index in [0.29, 0.717) is 5.78 Å². The van der Waals surface area contributed by atoms with E-state index in [-0.39, 0.29) is 16.7 Å². The minimum atomic E-state index is -0.00947. The van der Waals surface area contributed by atoms with E-state index in [4.69, 9.17) is 0 Å². The first-order chi connectivity index (χ1) is 6.55. The van der Waals surface area contributed by atoms with E-state index in [9.17, 15) is 4.79 Å². The third-order valence-corrected chi connectivity index (χ3v) is 3.16. The lowest BCUT2D eigenvalue weighted by molar-refractivity contribution is -0.118. The highest BCUT2D eigenvalue weighted by Gasteiger charge is 2.39. The highest BCUT2D eigenvalue weighted by atomic mass is 16.1. The van der Waals surface area contributed by atoms with Gasteiger partial charge in [-0.15, -0.1) is 0 Å². The number of hydrogen-bond acceptors (Lipinski definition) is 1. The molecule has 1 nitrogen and oxygen atoms in total. The van der Waals surface area contributed by atoms with Crippen molar-refractivity contribution in [3.05, 3.63) is 11.1 Å². The smallest absolute Gasteiger partial charge is 0.162 e. The fraction of sp³-hybridized carbons (Fsp3) is 0.786. The monoisotopic (exact) mass is 208 g/mol. The summed E-state index contributed by atoms with van der Waals surface area (Å²) in [6, 6.07) is 0. The second-order valence-corrected chi connectivity index (χ2v) is 6.82. The molecule has 0 aromatic carbocycles. The van der Waals surface area contributed by atoms with Gasteiger partial charge in [0.2, 0.25) is 0 Å². The molecule has 0 bridgehead atoms. The number of carbonyl (C=O) groups is 1. The topological polar surface area (TPSA) is 17.1 Å². The average Bonchev–Trinajstić information content (AvgIpc) is 2.25. The molecule has 86 valence electrons. The SMILES string of the molecule is CC1CC(C(C)(C)C)=C(C(C)(C)C)C1=O. The van der Waals surface area contributed by atoms with Crippen molar-refractivity contribution in [1.82, 2.24) is 0 Å². The zero-order valence-corrected chi connectivity index (χ0v) is 11.2. The molecule has 0 amide bonds. The standard InChI is InChI=1S/C14H24O/c1-9-8-10(13(2,3)4)11(12(9)15)14(5,6)7/h9H,8H2,1-7H3. The summed E-state index contributed by atoms with van der Waals surface area (Å²) >= 11 is 0. The van der Waals surface area contributed by atoms with Gasteiger partial charge in [0.15, 0.2) is 5.78 Å². The Morgan fingerprint density at radius 1 is 1.00 bits per heavy atom. The van der Waals surface area contributed by atoms with E-state index in [2.05, 4.69) is 41.5 Å². The van der Waals surface area contributed by atoms with Crippen LogP contribution in [0.4, 0.5) is 0 Å². The van der Waals surface area contributed by atoms with Crippen molar-refractivity contribution in [3.63, 3.8) is 0 Å². The Labute approximate surface area is 93.9 Å². The highest BCUT2D eigenvalue weighted by Crippen LogP contribution is 2.45. The van der Waals surface area contributed by atoms with Crippen molar-refractivity contribution < 1.29 is 4.79 Å². The minimum absolute atomic E-state index is 0.00947. The summed E-state index contributed by atoms with van der Waals surface area (Å²) in [6.45, 7) is 15.1. The molecule has 0 saturated carbocycles. The van der Waals surface area contributed by atoms with Crippen LogP contribution in [0.2, 0.25) is 0 Å². The van der Waals surface area contributed by atoms with Gasteiger partial charge in [-0.25, -0.2) is 0 Å². The van der Waals surface area contributed by atoms with Crippen LogP contribution in [0.5, 0.6) is 0 Å². The molecule has 0 fully saturated rings. The maximum absolute atomic E-state index is 12.2. The molecule has 0 radical (unpaired) electrons. The van der Waals surface area contributed by atoms with Crippen LogP contribution in [0.25, 0.3) is 0 Å². The largest absolute Gasteiger partial charge is 0.294 e. The molecular weight excluding hydrogens is 184 g/mol. The Bertz CT molecular complexity index is 307. The number of Topliss-reactive ketones (excluding diaryl/α,β-unsaturated/α-hetero) is 1. The maximum Gasteiger partial charge on any atom is 0.162 e. The van der Waals surface area contributed by atoms with Crippen LogP contribution in [-0.2, 0) is 4.79 Å². The van der Waals surface area contributed by atoms with Crippen LogP contribution in [-0.4, -0.2) is 5.78 Å². The molecule has 0 aromatic rings. The van der Waals surface area contributed by atoms with Crippen LogP contribution in [0.3, 0.4) is 0 Å². The Balaban J connectivity index is 3.29. The first kappa shape index (κ1) is 12.5. The zero-order chi connectivity index (χ0) is 12.0. The normalized spacial score (nSPS) is 23.9. The number of ketones is 1. The van der Waals surface area contributed by atoms with Crippen molar-refractivity contribution in [2.24, 2.45) is 16.7 Å². The van der Waals surface area contributed by atoms with Crippen molar-refractivity contribution >= 4 is 5.78 Å². The minimum Gasteiger partial charge on any atom is -0.294 e. The van der Waals surface area contributed by atoms with Crippen molar-refractivity contribution in [2.45, 2.75) is 54.9 Å². The van der Waals surface area contributed by atoms with Gasteiger partial charge in [0, 0.05) is 11.5 Å². The van der Waals surface area contributed by atoms with Crippen LogP contribution in [0, 0.1) is 16.7 Å². The number of hydrogen-bond donors (Lipinski definition) is 0. The molecule has 1 atom stereocenters. The van der Waals surface area contributed by atoms with Gasteiger partial charge in [-0.05, 0) is 17.3 Å². The molecule has 1 aliphatic rings. The second kappa shape index (κ2) is 3.47. The van der Waals surface area contributed by atoms with Crippen LogP contribution < -0.4 is 0 Å². The molecule has 0 N–H and O–H groups in total. The first-order valence-electron chi connectivity index (χ1n) is 5.83. The first-order valence-corrected chi connectivity index (χ1v) is 5.83. The summed E-state index contributed by atoms with van der Waals surface area (Å²) in [6.07, 6.45) is 0.953. The molecule has 0 saturated heterocycles. The van der Waals surface area contributed by atoms with E-state index < -0.39 is 0 Å². The van der Waals surface area contributed by atoms with Crippen LogP contribution >= 0.6 is 0 Å². The summed E-state index contributed by atoms with van der Waals surface area (Å²) in [7, 11) is 0. The van der Waals surface area contributed by atoms with Gasteiger partial charge < -0.3 is 0 Å². The lowest BCUT2D eigenvalue weighted by atomic mass is 9.76. The summed E-state index contributed by atoms with van der Waals surface area (Å²) in [5.41, 5.74) is 2.57. The van der Waals surface area contributed by atoms with E-state index in [1.807, 2.05) is 6.92 Å². The summed E-state index contributed by atoms with van der Waals surface area (Å²) < 4.78 is 0. The fourth-order valence-electron chi connectivity index (χ4n) is 2.40. The van der Waals surface area contributed by atoms with E-state index in [1.54, 1.807) is 0 Å². The van der Waals surface area contributed by atoms with Crippen molar-refractivity contribution in [1.29, 1.82) is 0 Å². The predicted molar refractivity (Wildman–Crippen MR) is 64.7 cm³/mol. The molecule has 0 heterocycles. The summed E-state index contributed by atoms with van der Waals surface area (Å²) in [4.78, 5) is 12.2. The molecule has 1 aliphatic carbocycles. The Morgan fingerprint density at radius 3 is 1.73 bits per heavy atom. The lowest BCUT2D eigenvalue weighted by Crippen LogP contribution is -2.20. The lowest BCUT2D eigenvalue weighted by Gasteiger charge is -2.28. The molecule has 1 unspecified atom stereocenters. The fourth-order valence-corrected chi connectivity index (χ4v) is 2.40. The molecule has 15 heavy (non-hydrogen) atoms. The second-order valence-electron chi connectivity index (χ2n) is 6.82. The van der Waals surface area contributed by atoms with Gasteiger partial charge in [0.25, 0.3) is 0 Å². The molecule has 0 aliphatic heterocycles. The van der Waals surface area contributed by atoms with Gasteiger partial charge in [0.1, 0.15) is 0 Å². The molecule has 1 heteroatoms. The predicted octanol–water partition coefficient (Wildman–Crippen LogP) is 3.98. The quantitative estimate of drug-likeness (QED) is 0.588. The number of rotatable bonds is 0. The molecule has 0 spiro atoms. The summed E-state index contributed by atoms with van der Waals surface area (Å²) in [5, 5.41) is 0. The van der Waals surface area contributed by atoms with Crippen molar-refractivity contribution in [2.75, 3.05) is 0 Å². The van der Waals surface area contributed by atoms with E-state index in [1.165, 1.54) is 5.57 Å². The summed E-state index contributed by atoms with van der Waals surface area (Å²) in [5.74, 6) is 0.556. The van der Waals surface area contributed by atoms with Gasteiger partial charge in [-0.2, -0.15) is 0 Å². The van der Waals surface area contributed by atoms with Gasteiger partial charge in [-0.3, -0.25) is 4.79 Å². The zero-order valence-electron chi connectivity index (χ0n) is 11.2. The number of carbonyl (C=O) groups excluding carboxylic acids is 1. The maximum atomic E-state index is 12.2. The Hall–Kier alpha value is -0.590. The van der Waals surface area contributed by atoms with Gasteiger partial charge in [0.05, 0.1) is 0 Å². The van der Waals surface area contributed by atoms with Crippen LogP contribution in [0.1, 0.15) is 54.9 Å². The van der Waals surface area contributed by atoms with E-state index >= 15 is 0 Å². The average molecular weight is 208 g/mol. The molecule has 1 rings (SSSR count). The van der Waals surface area contributed by atoms with Gasteiger partial charge >= 0.3 is 0 Å².